The molecule has 1 aromatic rings. The topological polar surface area (TPSA) is 105 Å². The van der Waals surface area contributed by atoms with E-state index in [2.05, 4.69) is 10.6 Å². The number of carbonyl (C=O) groups excluding carboxylic acids is 4. The minimum atomic E-state index is -1.06. The summed E-state index contributed by atoms with van der Waals surface area (Å²) in [6.07, 6.45) is 1.83. The molecule has 2 fully saturated rings. The van der Waals surface area contributed by atoms with Crippen LogP contribution in [-0.4, -0.2) is 46.9 Å². The molecule has 1 aliphatic carbocycles. The third-order valence-corrected chi connectivity index (χ3v) is 4.99. The molecule has 1 atom stereocenters. The van der Waals surface area contributed by atoms with Crippen molar-refractivity contribution in [2.24, 2.45) is 0 Å². The van der Waals surface area contributed by atoms with Gasteiger partial charge < -0.3 is 15.4 Å². The Balaban J connectivity index is 1.54. The van der Waals surface area contributed by atoms with E-state index in [0.29, 0.717) is 18.5 Å². The highest BCUT2D eigenvalue weighted by Crippen LogP contribution is 2.34. The fourth-order valence-corrected chi connectivity index (χ4v) is 3.44. The van der Waals surface area contributed by atoms with Crippen molar-refractivity contribution in [2.75, 3.05) is 11.9 Å². The van der Waals surface area contributed by atoms with Gasteiger partial charge in [0.25, 0.3) is 11.8 Å². The highest BCUT2D eigenvalue weighted by Gasteiger charge is 2.52. The lowest BCUT2D eigenvalue weighted by molar-refractivity contribution is -0.155. The predicted octanol–water partition coefficient (Wildman–Crippen LogP) is 1.73. The number of urea groups is 1. The predicted molar refractivity (Wildman–Crippen MR) is 96.8 cm³/mol. The SMILES string of the molecule is Cc1ccc(NC(=O)[C@H](C)OC(=O)CN2C(=O)NC3(CCCC3)C2=O)cc1. The van der Waals surface area contributed by atoms with Gasteiger partial charge in [-0.2, -0.15) is 0 Å². The second kappa shape index (κ2) is 7.38. The molecule has 0 unspecified atom stereocenters. The van der Waals surface area contributed by atoms with Gasteiger partial charge in [-0.3, -0.25) is 19.3 Å². The summed E-state index contributed by atoms with van der Waals surface area (Å²) in [6, 6.07) is 6.60. The minimum absolute atomic E-state index is 0.390. The summed E-state index contributed by atoms with van der Waals surface area (Å²) in [7, 11) is 0. The van der Waals surface area contributed by atoms with Crippen LogP contribution in [-0.2, 0) is 19.1 Å². The summed E-state index contributed by atoms with van der Waals surface area (Å²) in [5.74, 6) is -1.68. The van der Waals surface area contributed by atoms with Crippen molar-refractivity contribution in [1.29, 1.82) is 0 Å². The number of anilines is 1. The molecule has 8 heteroatoms. The number of hydrogen-bond acceptors (Lipinski definition) is 5. The molecular weight excluding hydrogens is 350 g/mol. The van der Waals surface area contributed by atoms with Crippen LogP contribution in [0.1, 0.15) is 38.2 Å². The molecule has 1 spiro atoms. The molecule has 1 heterocycles. The van der Waals surface area contributed by atoms with Crippen LogP contribution >= 0.6 is 0 Å². The molecule has 1 saturated heterocycles. The lowest BCUT2D eigenvalue weighted by Gasteiger charge is -2.20. The molecular formula is C19H23N3O5. The summed E-state index contributed by atoms with van der Waals surface area (Å²) in [4.78, 5) is 49.8. The Morgan fingerprint density at radius 1 is 1.22 bits per heavy atom. The Morgan fingerprint density at radius 3 is 2.48 bits per heavy atom. The molecule has 1 aliphatic heterocycles. The van der Waals surface area contributed by atoms with Gasteiger partial charge in [0.1, 0.15) is 12.1 Å². The average Bonchev–Trinajstić information content (AvgIpc) is 3.18. The Hall–Kier alpha value is -2.90. The van der Waals surface area contributed by atoms with E-state index in [0.717, 1.165) is 23.3 Å². The summed E-state index contributed by atoms with van der Waals surface area (Å²) >= 11 is 0. The molecule has 3 rings (SSSR count). The van der Waals surface area contributed by atoms with E-state index in [9.17, 15) is 19.2 Å². The Morgan fingerprint density at radius 2 is 1.85 bits per heavy atom. The first kappa shape index (κ1) is 18.9. The van der Waals surface area contributed by atoms with Crippen LogP contribution in [0.15, 0.2) is 24.3 Å². The van der Waals surface area contributed by atoms with Crippen molar-refractivity contribution in [3.05, 3.63) is 29.8 Å². The number of esters is 1. The molecule has 144 valence electrons. The molecule has 4 amide bonds. The zero-order valence-electron chi connectivity index (χ0n) is 15.4. The van der Waals surface area contributed by atoms with E-state index in [1.807, 2.05) is 19.1 Å². The van der Waals surface area contributed by atoms with Crippen LogP contribution in [0.4, 0.5) is 10.5 Å². The number of amides is 4. The monoisotopic (exact) mass is 373 g/mol. The molecule has 27 heavy (non-hydrogen) atoms. The molecule has 1 aromatic carbocycles. The Labute approximate surface area is 157 Å². The van der Waals surface area contributed by atoms with Crippen LogP contribution in [0.2, 0.25) is 0 Å². The van der Waals surface area contributed by atoms with Crippen LogP contribution < -0.4 is 10.6 Å². The lowest BCUT2D eigenvalue weighted by Crippen LogP contribution is -2.44. The number of nitrogens with zero attached hydrogens (tertiary/aromatic N) is 1. The standard InChI is InChI=1S/C19H23N3O5/c1-12-5-7-14(8-6-12)20-16(24)13(2)27-15(23)11-22-17(25)19(21-18(22)26)9-3-4-10-19/h5-8,13H,3-4,9-11H2,1-2H3,(H,20,24)(H,21,26)/t13-/m0/s1. The van der Waals surface area contributed by atoms with Crippen molar-refractivity contribution in [3.8, 4) is 0 Å². The summed E-state index contributed by atoms with van der Waals surface area (Å²) in [6.45, 7) is 2.86. The normalized spacial score (nSPS) is 19.1. The largest absolute Gasteiger partial charge is 0.451 e. The molecule has 8 nitrogen and oxygen atoms in total. The summed E-state index contributed by atoms with van der Waals surface area (Å²) < 4.78 is 5.09. The molecule has 1 saturated carbocycles. The third-order valence-electron chi connectivity index (χ3n) is 4.99. The number of ether oxygens (including phenoxy) is 1. The Bertz CT molecular complexity index is 768. The number of nitrogens with one attached hydrogen (secondary N) is 2. The number of rotatable bonds is 5. The minimum Gasteiger partial charge on any atom is -0.451 e. The van der Waals surface area contributed by atoms with Crippen molar-refractivity contribution >= 4 is 29.5 Å². The lowest BCUT2D eigenvalue weighted by atomic mass is 9.98. The number of benzene rings is 1. The Kier molecular flexibility index (Phi) is 5.16. The van der Waals surface area contributed by atoms with Gasteiger partial charge in [-0.15, -0.1) is 0 Å². The molecule has 2 N–H and O–H groups in total. The van der Waals surface area contributed by atoms with Crippen molar-refractivity contribution in [1.82, 2.24) is 10.2 Å². The average molecular weight is 373 g/mol. The highest BCUT2D eigenvalue weighted by molar-refractivity contribution is 6.09. The molecule has 0 aromatic heterocycles. The van der Waals surface area contributed by atoms with Gasteiger partial charge in [0, 0.05) is 5.69 Å². The smallest absolute Gasteiger partial charge is 0.327 e. The zero-order valence-corrected chi connectivity index (χ0v) is 15.4. The molecule has 2 aliphatic rings. The number of imide groups is 1. The van der Waals surface area contributed by atoms with E-state index in [1.54, 1.807) is 12.1 Å². The van der Waals surface area contributed by atoms with Gasteiger partial charge in [-0.05, 0) is 38.8 Å². The van der Waals surface area contributed by atoms with Crippen LogP contribution in [0, 0.1) is 6.92 Å². The highest BCUT2D eigenvalue weighted by atomic mass is 16.5. The maximum atomic E-state index is 12.5. The number of hydrogen-bond donors (Lipinski definition) is 2. The van der Waals surface area contributed by atoms with Gasteiger partial charge in [-0.25, -0.2) is 4.79 Å². The van der Waals surface area contributed by atoms with E-state index in [1.165, 1.54) is 6.92 Å². The first-order chi connectivity index (χ1) is 12.8. The van der Waals surface area contributed by atoms with Crippen molar-refractivity contribution in [2.45, 2.75) is 51.2 Å². The van der Waals surface area contributed by atoms with Crippen LogP contribution in [0.3, 0.4) is 0 Å². The van der Waals surface area contributed by atoms with Crippen molar-refractivity contribution < 1.29 is 23.9 Å². The van der Waals surface area contributed by atoms with Gasteiger partial charge >= 0.3 is 12.0 Å². The molecule has 0 bridgehead atoms. The summed E-state index contributed by atoms with van der Waals surface area (Å²) in [5, 5.41) is 5.35. The quantitative estimate of drug-likeness (QED) is 0.604. The first-order valence-corrected chi connectivity index (χ1v) is 9.02. The molecule has 0 radical (unpaired) electrons. The number of carbonyl (C=O) groups is 4. The van der Waals surface area contributed by atoms with Gasteiger partial charge in [0.05, 0.1) is 0 Å². The fourth-order valence-electron chi connectivity index (χ4n) is 3.44. The second-order valence-corrected chi connectivity index (χ2v) is 7.10. The van der Waals surface area contributed by atoms with Gasteiger partial charge in [0.15, 0.2) is 6.10 Å². The van der Waals surface area contributed by atoms with Gasteiger partial charge in [0.2, 0.25) is 0 Å². The maximum absolute atomic E-state index is 12.5. The maximum Gasteiger partial charge on any atom is 0.327 e. The summed E-state index contributed by atoms with van der Waals surface area (Å²) in [5.41, 5.74) is 0.776. The van der Waals surface area contributed by atoms with Crippen molar-refractivity contribution in [3.63, 3.8) is 0 Å². The number of aryl methyl sites for hydroxylation is 1. The van der Waals surface area contributed by atoms with E-state index < -0.39 is 42.0 Å². The second-order valence-electron chi connectivity index (χ2n) is 7.10. The van der Waals surface area contributed by atoms with E-state index in [4.69, 9.17) is 4.74 Å². The van der Waals surface area contributed by atoms with E-state index >= 15 is 0 Å². The van der Waals surface area contributed by atoms with Crippen LogP contribution in [0.5, 0.6) is 0 Å². The van der Waals surface area contributed by atoms with Gasteiger partial charge in [-0.1, -0.05) is 30.5 Å². The zero-order chi connectivity index (χ0) is 19.6. The fraction of sp³-hybridized carbons (Fsp3) is 0.474. The van der Waals surface area contributed by atoms with E-state index in [-0.39, 0.29) is 0 Å². The first-order valence-electron chi connectivity index (χ1n) is 9.02. The van der Waals surface area contributed by atoms with Crippen LogP contribution in [0.25, 0.3) is 0 Å². The third kappa shape index (κ3) is 3.94.